The van der Waals surface area contributed by atoms with Crippen molar-refractivity contribution in [3.05, 3.63) is 78.4 Å². The van der Waals surface area contributed by atoms with Crippen LogP contribution < -0.4 is 9.47 Å². The van der Waals surface area contributed by atoms with Gasteiger partial charge in [0, 0.05) is 11.0 Å². The van der Waals surface area contributed by atoms with Gasteiger partial charge in [0.2, 0.25) is 0 Å². The Kier molecular flexibility index (Phi) is 8.54. The van der Waals surface area contributed by atoms with Crippen molar-refractivity contribution in [2.45, 2.75) is 59.5 Å². The molecule has 1 fully saturated rings. The van der Waals surface area contributed by atoms with Crippen molar-refractivity contribution in [3.63, 3.8) is 0 Å². The van der Waals surface area contributed by atoms with Crippen molar-refractivity contribution in [1.29, 1.82) is 0 Å². The smallest absolute Gasteiger partial charge is 0.405 e. The topological polar surface area (TPSA) is 91.3 Å². The lowest BCUT2D eigenvalue weighted by Gasteiger charge is -2.41. The first kappa shape index (κ1) is 30.3. The van der Waals surface area contributed by atoms with Gasteiger partial charge in [0.25, 0.3) is 0 Å². The molecular weight excluding hydrogens is 562 g/mol. The zero-order chi connectivity index (χ0) is 29.3. The zero-order valence-corrected chi connectivity index (χ0v) is 24.5. The molecule has 0 bridgehead atoms. The Bertz CT molecular complexity index is 1400. The van der Waals surface area contributed by atoms with Gasteiger partial charge in [0.05, 0.1) is 31.2 Å². The molecule has 1 aliphatic heterocycles. The molecule has 0 amide bonds. The Morgan fingerprint density at radius 3 is 1.70 bits per heavy atom. The van der Waals surface area contributed by atoms with Gasteiger partial charge in [0.15, 0.2) is 26.6 Å². The molecule has 3 aromatic rings. The van der Waals surface area contributed by atoms with Crippen LogP contribution in [0.5, 0.6) is 11.5 Å². The predicted octanol–water partition coefficient (Wildman–Crippen LogP) is 6.28. The molecule has 0 saturated carbocycles. The van der Waals surface area contributed by atoms with Crippen molar-refractivity contribution < 1.29 is 40.7 Å². The number of hydrogen-bond acceptors (Lipinski definition) is 6. The molecule has 0 spiro atoms. The summed E-state index contributed by atoms with van der Waals surface area (Å²) in [5, 5.41) is -4.46. The Labute approximate surface area is 236 Å². The first-order valence-electron chi connectivity index (χ1n) is 12.5. The Balaban J connectivity index is 1.64. The highest BCUT2D eigenvalue weighted by Crippen LogP contribution is 2.39. The molecule has 4 rings (SSSR count). The van der Waals surface area contributed by atoms with Crippen molar-refractivity contribution in [3.8, 4) is 11.5 Å². The normalized spacial score (nSPS) is 18.5. The molecule has 0 radical (unpaired) electrons. The lowest BCUT2D eigenvalue weighted by atomic mass is 9.94. The summed E-state index contributed by atoms with van der Waals surface area (Å²) in [6.45, 7) is 8.12. The van der Waals surface area contributed by atoms with Crippen LogP contribution in [0, 0.1) is 5.41 Å². The average Bonchev–Trinajstić information content (AvgIpc) is 2.92. The van der Waals surface area contributed by atoms with Crippen LogP contribution in [0.25, 0.3) is 0 Å². The largest absolute Gasteiger partial charge is 0.497 e. The van der Waals surface area contributed by atoms with E-state index in [1.165, 1.54) is 12.1 Å². The highest BCUT2D eigenvalue weighted by atomic mass is 32.2. The minimum absolute atomic E-state index is 0.0376. The van der Waals surface area contributed by atoms with Gasteiger partial charge in [-0.25, -0.2) is 0 Å². The van der Waals surface area contributed by atoms with Crippen LogP contribution in [0.3, 0.4) is 0 Å². The molecule has 40 heavy (non-hydrogen) atoms. The predicted molar refractivity (Wildman–Crippen MR) is 148 cm³/mol. The molecule has 7 nitrogen and oxygen atoms in total. The lowest BCUT2D eigenvalue weighted by Crippen LogP contribution is -2.43. The molecule has 11 heteroatoms. The van der Waals surface area contributed by atoms with Gasteiger partial charge in [0.1, 0.15) is 11.5 Å². The first-order chi connectivity index (χ1) is 18.6. The summed E-state index contributed by atoms with van der Waals surface area (Å²) in [5.41, 5.74) is 0.832. The summed E-state index contributed by atoms with van der Waals surface area (Å²) >= 11 is 0. The summed E-state index contributed by atoms with van der Waals surface area (Å²) in [7, 11) is -4.63. The van der Waals surface area contributed by atoms with Gasteiger partial charge in [-0.15, -0.1) is 0 Å². The summed E-state index contributed by atoms with van der Waals surface area (Å²) in [6, 6.07) is 22.1. The van der Waals surface area contributed by atoms with Crippen LogP contribution >= 0.6 is 0 Å². The summed E-state index contributed by atoms with van der Waals surface area (Å²) in [4.78, 5) is 2.86. The molecule has 1 heterocycles. The van der Waals surface area contributed by atoms with Crippen LogP contribution in [0.15, 0.2) is 87.5 Å². The third-order valence-corrected chi connectivity index (χ3v) is 9.83. The Hall–Kier alpha value is -2.70. The van der Waals surface area contributed by atoms with Gasteiger partial charge in [-0.05, 0) is 86.6 Å². The fourth-order valence-corrected chi connectivity index (χ4v) is 6.58. The third kappa shape index (κ3) is 6.44. The minimum Gasteiger partial charge on any atom is -0.497 e. The van der Waals surface area contributed by atoms with E-state index in [0.29, 0.717) is 19.0 Å². The zero-order valence-electron chi connectivity index (χ0n) is 22.9. The highest BCUT2D eigenvalue weighted by molar-refractivity contribution is 7.97. The third-order valence-electron chi connectivity index (χ3n) is 6.58. The number of ether oxygens (including phenoxy) is 4. The van der Waals surface area contributed by atoms with Crippen LogP contribution in [-0.2, 0) is 36.3 Å². The van der Waals surface area contributed by atoms with Crippen molar-refractivity contribution in [1.82, 2.24) is 0 Å². The van der Waals surface area contributed by atoms with E-state index in [0.717, 1.165) is 27.2 Å². The summed E-state index contributed by atoms with van der Waals surface area (Å²) in [5.74, 6) is -0.106. The van der Waals surface area contributed by atoms with E-state index in [1.807, 2.05) is 55.5 Å². The minimum atomic E-state index is -5.63. The molecule has 2 unspecified atom stereocenters. The molecule has 0 aliphatic carbocycles. The SMILES string of the molecule is COc1ccc([S+](c2ccc(OC(C)C(F)(F)S(=O)(=O)O)cc2)c2ccc(C3(C)OCC(C)(C)CO3)cc2)cc1. The van der Waals surface area contributed by atoms with Crippen molar-refractivity contribution in [2.75, 3.05) is 20.3 Å². The maximum atomic E-state index is 14.0. The van der Waals surface area contributed by atoms with Crippen molar-refractivity contribution >= 4 is 21.0 Å². The highest BCUT2D eigenvalue weighted by Gasteiger charge is 2.51. The molecule has 1 aliphatic rings. The summed E-state index contributed by atoms with van der Waals surface area (Å²) in [6.07, 6.45) is -2.10. The quantitative estimate of drug-likeness (QED) is 0.230. The number of halogens is 2. The van der Waals surface area contributed by atoms with Gasteiger partial charge in [-0.1, -0.05) is 13.8 Å². The Morgan fingerprint density at radius 1 is 0.850 bits per heavy atom. The van der Waals surface area contributed by atoms with Gasteiger partial charge >= 0.3 is 15.4 Å². The maximum Gasteiger partial charge on any atom is 0.405 e. The fraction of sp³-hybridized carbons (Fsp3) is 0.379. The van der Waals surface area contributed by atoms with E-state index in [4.69, 9.17) is 23.5 Å². The fourth-order valence-electron chi connectivity index (χ4n) is 4.07. The molecule has 216 valence electrons. The maximum absolute atomic E-state index is 14.0. The summed E-state index contributed by atoms with van der Waals surface area (Å²) < 4.78 is 81.6. The number of hydrogen-bond donors (Lipinski definition) is 1. The molecule has 1 N–H and O–H groups in total. The van der Waals surface area contributed by atoms with Crippen LogP contribution in [0.1, 0.15) is 33.3 Å². The average molecular weight is 596 g/mol. The van der Waals surface area contributed by atoms with E-state index >= 15 is 0 Å². The number of alkyl halides is 2. The van der Waals surface area contributed by atoms with E-state index in [2.05, 4.69) is 13.8 Å². The second-order valence-electron chi connectivity index (χ2n) is 10.5. The monoisotopic (exact) mass is 595 g/mol. The Morgan fingerprint density at radius 2 is 1.27 bits per heavy atom. The van der Waals surface area contributed by atoms with Crippen LogP contribution in [0.4, 0.5) is 8.78 Å². The van der Waals surface area contributed by atoms with Crippen LogP contribution in [0.2, 0.25) is 0 Å². The number of rotatable bonds is 9. The lowest BCUT2D eigenvalue weighted by molar-refractivity contribution is -0.298. The molecule has 0 aromatic heterocycles. The van der Waals surface area contributed by atoms with Gasteiger partial charge < -0.3 is 18.9 Å². The van der Waals surface area contributed by atoms with Gasteiger partial charge in [-0.3, -0.25) is 4.55 Å². The van der Waals surface area contributed by atoms with E-state index in [9.17, 15) is 17.2 Å². The first-order valence-corrected chi connectivity index (χ1v) is 15.2. The molecule has 3 aromatic carbocycles. The van der Waals surface area contributed by atoms with Crippen LogP contribution in [-0.4, -0.2) is 44.7 Å². The number of benzene rings is 3. The number of methoxy groups -OCH3 is 1. The molecule has 2 atom stereocenters. The molecular formula is C29H33F2O7S2+. The second kappa shape index (κ2) is 11.3. The standard InChI is InChI=1S/C29H32F2O7S2/c1-20(29(30,31)40(32,33)34)38-23-10-16-26(17-11-23)39(25-14-8-22(35-5)9-15-25)24-12-6-21(7-13-24)28(4)36-18-27(2,3)19-37-28/h6-17,20H,18-19H2,1-5H3/p+1. The van der Waals surface area contributed by atoms with E-state index in [-0.39, 0.29) is 11.2 Å². The second-order valence-corrected chi connectivity index (χ2v) is 14.0. The van der Waals surface area contributed by atoms with Gasteiger partial charge in [-0.2, -0.15) is 17.2 Å². The van der Waals surface area contributed by atoms with Crippen molar-refractivity contribution in [2.24, 2.45) is 5.41 Å². The van der Waals surface area contributed by atoms with E-state index < -0.39 is 38.2 Å². The molecule has 1 saturated heterocycles. The van der Waals surface area contributed by atoms with E-state index in [1.54, 1.807) is 19.2 Å².